The fourth-order valence-corrected chi connectivity index (χ4v) is 3.62. The Kier molecular flexibility index (Phi) is 6.05. The molecule has 2 aromatic carbocycles. The molecular formula is C24H34O2. The van der Waals surface area contributed by atoms with Crippen LogP contribution in [-0.2, 0) is 5.60 Å². The Morgan fingerprint density at radius 3 is 1.69 bits per heavy atom. The van der Waals surface area contributed by atoms with Gasteiger partial charge in [0.2, 0.25) is 0 Å². The van der Waals surface area contributed by atoms with Crippen molar-refractivity contribution in [3.05, 3.63) is 57.6 Å². The first-order valence-electron chi connectivity index (χ1n) is 9.58. The van der Waals surface area contributed by atoms with E-state index in [9.17, 15) is 0 Å². The molecule has 0 N–H and O–H groups in total. The SMILES string of the molecule is CCC(C)(Oc1c(C)cc(C(C)C)cc1C)c1cc(C)c(OC)c(C)c1. The van der Waals surface area contributed by atoms with Gasteiger partial charge in [0.25, 0.3) is 0 Å². The molecule has 0 aliphatic heterocycles. The van der Waals surface area contributed by atoms with Gasteiger partial charge >= 0.3 is 0 Å². The van der Waals surface area contributed by atoms with Crippen LogP contribution in [0.3, 0.4) is 0 Å². The highest BCUT2D eigenvalue weighted by molar-refractivity contribution is 5.47. The summed E-state index contributed by atoms with van der Waals surface area (Å²) >= 11 is 0. The van der Waals surface area contributed by atoms with Crippen molar-refractivity contribution in [1.29, 1.82) is 0 Å². The van der Waals surface area contributed by atoms with Gasteiger partial charge in [-0.05, 0) is 92.5 Å². The topological polar surface area (TPSA) is 18.5 Å². The zero-order valence-electron chi connectivity index (χ0n) is 17.9. The van der Waals surface area contributed by atoms with Crippen molar-refractivity contribution >= 4 is 0 Å². The van der Waals surface area contributed by atoms with Crippen LogP contribution in [0.15, 0.2) is 24.3 Å². The van der Waals surface area contributed by atoms with Gasteiger partial charge in [0.1, 0.15) is 17.1 Å². The van der Waals surface area contributed by atoms with Crippen LogP contribution < -0.4 is 9.47 Å². The summed E-state index contributed by atoms with van der Waals surface area (Å²) in [6.07, 6.45) is 0.892. The number of rotatable bonds is 6. The molecule has 0 bridgehead atoms. The molecule has 0 heterocycles. The molecule has 0 spiro atoms. The molecule has 0 saturated carbocycles. The summed E-state index contributed by atoms with van der Waals surface area (Å²) in [6.45, 7) is 17.3. The van der Waals surface area contributed by atoms with E-state index >= 15 is 0 Å². The van der Waals surface area contributed by atoms with Gasteiger partial charge < -0.3 is 9.47 Å². The van der Waals surface area contributed by atoms with Gasteiger partial charge in [-0.1, -0.05) is 32.9 Å². The highest BCUT2D eigenvalue weighted by atomic mass is 16.5. The number of benzene rings is 2. The van der Waals surface area contributed by atoms with Gasteiger partial charge in [0.15, 0.2) is 0 Å². The second-order valence-electron chi connectivity index (χ2n) is 7.97. The van der Waals surface area contributed by atoms with Gasteiger partial charge in [0, 0.05) is 0 Å². The van der Waals surface area contributed by atoms with Gasteiger partial charge in [-0.15, -0.1) is 0 Å². The number of ether oxygens (including phenoxy) is 2. The van der Waals surface area contributed by atoms with Crippen molar-refractivity contribution in [3.63, 3.8) is 0 Å². The van der Waals surface area contributed by atoms with E-state index in [0.717, 1.165) is 29.0 Å². The quantitative estimate of drug-likeness (QED) is 0.571. The van der Waals surface area contributed by atoms with E-state index in [1.165, 1.54) is 22.3 Å². The lowest BCUT2D eigenvalue weighted by Crippen LogP contribution is -2.29. The molecule has 0 aliphatic carbocycles. The van der Waals surface area contributed by atoms with E-state index in [2.05, 4.69) is 79.7 Å². The summed E-state index contributed by atoms with van der Waals surface area (Å²) in [4.78, 5) is 0. The van der Waals surface area contributed by atoms with Gasteiger partial charge in [-0.3, -0.25) is 0 Å². The molecule has 2 nitrogen and oxygen atoms in total. The molecule has 1 atom stereocenters. The summed E-state index contributed by atoms with van der Waals surface area (Å²) in [7, 11) is 1.73. The molecule has 142 valence electrons. The zero-order valence-corrected chi connectivity index (χ0v) is 17.9. The van der Waals surface area contributed by atoms with Gasteiger partial charge in [-0.2, -0.15) is 0 Å². The predicted molar refractivity (Wildman–Crippen MR) is 111 cm³/mol. The molecule has 2 aromatic rings. The fourth-order valence-electron chi connectivity index (χ4n) is 3.62. The average Bonchev–Trinajstić information content (AvgIpc) is 2.57. The smallest absolute Gasteiger partial charge is 0.131 e. The Balaban J connectivity index is 2.49. The minimum Gasteiger partial charge on any atom is -0.496 e. The molecule has 26 heavy (non-hydrogen) atoms. The van der Waals surface area contributed by atoms with Crippen LogP contribution in [0.25, 0.3) is 0 Å². The molecule has 0 radical (unpaired) electrons. The molecule has 0 amide bonds. The van der Waals surface area contributed by atoms with Crippen molar-refractivity contribution in [2.45, 2.75) is 73.3 Å². The van der Waals surface area contributed by atoms with Crippen LogP contribution >= 0.6 is 0 Å². The van der Waals surface area contributed by atoms with Crippen LogP contribution in [0, 0.1) is 27.7 Å². The van der Waals surface area contributed by atoms with Crippen molar-refractivity contribution in [1.82, 2.24) is 0 Å². The maximum Gasteiger partial charge on any atom is 0.131 e. The van der Waals surface area contributed by atoms with E-state index < -0.39 is 0 Å². The first-order chi connectivity index (χ1) is 12.1. The Hall–Kier alpha value is -1.96. The molecule has 2 rings (SSSR count). The molecule has 1 unspecified atom stereocenters. The van der Waals surface area contributed by atoms with Gasteiger partial charge in [0.05, 0.1) is 7.11 Å². The van der Waals surface area contributed by atoms with Crippen molar-refractivity contribution in [2.24, 2.45) is 0 Å². The van der Waals surface area contributed by atoms with E-state index in [0.29, 0.717) is 5.92 Å². The second-order valence-corrected chi connectivity index (χ2v) is 7.97. The Morgan fingerprint density at radius 1 is 0.846 bits per heavy atom. The number of aryl methyl sites for hydroxylation is 4. The van der Waals surface area contributed by atoms with Crippen LogP contribution in [0.2, 0.25) is 0 Å². The molecule has 0 aliphatic rings. The summed E-state index contributed by atoms with van der Waals surface area (Å²) in [5, 5.41) is 0. The number of hydrogen-bond acceptors (Lipinski definition) is 2. The standard InChI is InChI=1S/C24H34O2/c1-10-24(8,21-13-18(6)22(25-9)19(7)14-21)26-23-16(4)11-20(15(2)3)12-17(23)5/h11-15H,10H2,1-9H3. The fraction of sp³-hybridized carbons (Fsp3) is 0.500. The molecule has 0 aromatic heterocycles. The largest absolute Gasteiger partial charge is 0.496 e. The third-order valence-corrected chi connectivity index (χ3v) is 5.43. The highest BCUT2D eigenvalue weighted by Crippen LogP contribution is 2.38. The van der Waals surface area contributed by atoms with Crippen LogP contribution in [0.5, 0.6) is 11.5 Å². The van der Waals surface area contributed by atoms with Crippen LogP contribution in [0.1, 0.15) is 73.4 Å². The van der Waals surface area contributed by atoms with E-state index in [1.54, 1.807) is 7.11 Å². The average molecular weight is 355 g/mol. The van der Waals surface area contributed by atoms with Crippen molar-refractivity contribution < 1.29 is 9.47 Å². The lowest BCUT2D eigenvalue weighted by atomic mass is 9.89. The normalized spacial score (nSPS) is 13.6. The summed E-state index contributed by atoms with van der Waals surface area (Å²) in [5.74, 6) is 2.48. The molecular weight excluding hydrogens is 320 g/mol. The first-order valence-corrected chi connectivity index (χ1v) is 9.58. The van der Waals surface area contributed by atoms with Crippen LogP contribution in [0.4, 0.5) is 0 Å². The maximum atomic E-state index is 6.68. The lowest BCUT2D eigenvalue weighted by Gasteiger charge is -2.33. The lowest BCUT2D eigenvalue weighted by molar-refractivity contribution is 0.0806. The minimum atomic E-state index is -0.378. The third kappa shape index (κ3) is 3.90. The van der Waals surface area contributed by atoms with E-state index in [-0.39, 0.29) is 5.60 Å². The Morgan fingerprint density at radius 2 is 1.31 bits per heavy atom. The first kappa shape index (κ1) is 20.4. The number of methoxy groups -OCH3 is 1. The molecule has 2 heteroatoms. The molecule has 0 saturated heterocycles. The van der Waals surface area contributed by atoms with Crippen LogP contribution in [-0.4, -0.2) is 7.11 Å². The maximum absolute atomic E-state index is 6.68. The summed E-state index contributed by atoms with van der Waals surface area (Å²) in [6, 6.07) is 8.91. The zero-order chi connectivity index (χ0) is 19.6. The third-order valence-electron chi connectivity index (χ3n) is 5.43. The minimum absolute atomic E-state index is 0.378. The van der Waals surface area contributed by atoms with Gasteiger partial charge in [-0.25, -0.2) is 0 Å². The van der Waals surface area contributed by atoms with Crippen molar-refractivity contribution in [3.8, 4) is 11.5 Å². The highest BCUT2D eigenvalue weighted by Gasteiger charge is 2.29. The van der Waals surface area contributed by atoms with E-state index in [1.807, 2.05) is 0 Å². The predicted octanol–water partition coefficient (Wildman–Crippen LogP) is 6.76. The molecule has 0 fully saturated rings. The van der Waals surface area contributed by atoms with Crippen molar-refractivity contribution in [2.75, 3.05) is 7.11 Å². The Bertz CT molecular complexity index is 743. The van der Waals surface area contributed by atoms with E-state index in [4.69, 9.17) is 9.47 Å². The Labute approximate surface area is 159 Å². The monoisotopic (exact) mass is 354 g/mol. The summed E-state index contributed by atoms with van der Waals surface area (Å²) < 4.78 is 12.2. The number of hydrogen-bond donors (Lipinski definition) is 0. The second kappa shape index (κ2) is 7.73. The summed E-state index contributed by atoms with van der Waals surface area (Å²) in [5.41, 5.74) is 6.88.